The van der Waals surface area contributed by atoms with E-state index in [1.54, 1.807) is 0 Å². The molecule has 0 amide bonds. The standard InChI is InChI=1S/C12H23NO3/c1-12(7-14,8-15)6-13-10-4-5-16-11(10)9-2-3-9/h9-11,13-15H,2-8H2,1H3. The third-order valence-corrected chi connectivity index (χ3v) is 3.78. The van der Waals surface area contributed by atoms with Crippen molar-refractivity contribution in [2.75, 3.05) is 26.4 Å². The largest absolute Gasteiger partial charge is 0.396 e. The van der Waals surface area contributed by atoms with Crippen molar-refractivity contribution >= 4 is 0 Å². The van der Waals surface area contributed by atoms with Crippen LogP contribution in [0.1, 0.15) is 26.2 Å². The molecule has 1 aliphatic carbocycles. The van der Waals surface area contributed by atoms with Crippen molar-refractivity contribution in [2.24, 2.45) is 11.3 Å². The molecule has 1 saturated heterocycles. The van der Waals surface area contributed by atoms with Gasteiger partial charge < -0.3 is 20.3 Å². The molecule has 1 saturated carbocycles. The van der Waals surface area contributed by atoms with Crippen LogP contribution in [0, 0.1) is 11.3 Å². The summed E-state index contributed by atoms with van der Waals surface area (Å²) < 4.78 is 5.73. The molecule has 16 heavy (non-hydrogen) atoms. The van der Waals surface area contributed by atoms with Gasteiger partial charge in [-0.2, -0.15) is 0 Å². The SMILES string of the molecule is CC(CO)(CO)CNC1CCOC1C1CC1. The number of hydrogen-bond acceptors (Lipinski definition) is 4. The van der Waals surface area contributed by atoms with Gasteiger partial charge in [-0.15, -0.1) is 0 Å². The minimum Gasteiger partial charge on any atom is -0.396 e. The lowest BCUT2D eigenvalue weighted by Crippen LogP contribution is -2.45. The lowest BCUT2D eigenvalue weighted by atomic mass is 9.92. The van der Waals surface area contributed by atoms with E-state index in [0.29, 0.717) is 18.7 Å². The molecule has 1 aliphatic heterocycles. The van der Waals surface area contributed by atoms with Gasteiger partial charge in [0.05, 0.1) is 19.3 Å². The maximum absolute atomic E-state index is 9.22. The Morgan fingerprint density at radius 3 is 2.50 bits per heavy atom. The van der Waals surface area contributed by atoms with E-state index >= 15 is 0 Å². The van der Waals surface area contributed by atoms with Crippen LogP contribution >= 0.6 is 0 Å². The van der Waals surface area contributed by atoms with E-state index in [1.807, 2.05) is 6.92 Å². The topological polar surface area (TPSA) is 61.7 Å². The van der Waals surface area contributed by atoms with Gasteiger partial charge in [-0.25, -0.2) is 0 Å². The van der Waals surface area contributed by atoms with Gasteiger partial charge >= 0.3 is 0 Å². The Morgan fingerprint density at radius 1 is 1.25 bits per heavy atom. The van der Waals surface area contributed by atoms with Crippen LogP contribution in [-0.4, -0.2) is 48.7 Å². The van der Waals surface area contributed by atoms with E-state index in [9.17, 15) is 10.2 Å². The first-order valence-corrected chi connectivity index (χ1v) is 6.25. The molecule has 2 rings (SSSR count). The summed E-state index contributed by atoms with van der Waals surface area (Å²) in [5.41, 5.74) is -0.420. The van der Waals surface area contributed by atoms with Crippen molar-refractivity contribution < 1.29 is 14.9 Å². The van der Waals surface area contributed by atoms with Crippen LogP contribution in [0.2, 0.25) is 0 Å². The smallest absolute Gasteiger partial charge is 0.0756 e. The molecule has 0 radical (unpaired) electrons. The van der Waals surface area contributed by atoms with Gasteiger partial charge in [0.15, 0.2) is 0 Å². The highest BCUT2D eigenvalue weighted by atomic mass is 16.5. The first-order chi connectivity index (χ1) is 7.68. The van der Waals surface area contributed by atoms with Gasteiger partial charge in [0.2, 0.25) is 0 Å². The molecule has 0 aromatic rings. The van der Waals surface area contributed by atoms with Gasteiger partial charge in [-0.05, 0) is 25.2 Å². The predicted octanol–water partition coefficient (Wildman–Crippen LogP) is 0.134. The number of aliphatic hydroxyl groups excluding tert-OH is 2. The lowest BCUT2D eigenvalue weighted by molar-refractivity contribution is 0.0540. The maximum Gasteiger partial charge on any atom is 0.0756 e. The molecule has 4 heteroatoms. The Bertz CT molecular complexity index is 226. The van der Waals surface area contributed by atoms with E-state index in [4.69, 9.17) is 4.74 Å². The van der Waals surface area contributed by atoms with Crippen LogP contribution in [0.4, 0.5) is 0 Å². The van der Waals surface area contributed by atoms with Gasteiger partial charge in [0.25, 0.3) is 0 Å². The highest BCUT2D eigenvalue weighted by Crippen LogP contribution is 2.38. The molecule has 3 N–H and O–H groups in total. The number of aliphatic hydroxyl groups is 2. The Labute approximate surface area is 97.0 Å². The summed E-state index contributed by atoms with van der Waals surface area (Å²) in [5.74, 6) is 0.745. The maximum atomic E-state index is 9.22. The first-order valence-electron chi connectivity index (χ1n) is 6.25. The van der Waals surface area contributed by atoms with Gasteiger partial charge in [0.1, 0.15) is 0 Å². The van der Waals surface area contributed by atoms with Crippen LogP contribution in [0.3, 0.4) is 0 Å². The van der Waals surface area contributed by atoms with Gasteiger partial charge in [0, 0.05) is 24.6 Å². The quantitative estimate of drug-likeness (QED) is 0.606. The molecule has 0 aromatic carbocycles. The molecule has 2 atom stereocenters. The summed E-state index contributed by atoms with van der Waals surface area (Å²) in [6, 6.07) is 0.407. The van der Waals surface area contributed by atoms with Crippen molar-refractivity contribution in [1.29, 1.82) is 0 Å². The van der Waals surface area contributed by atoms with Crippen molar-refractivity contribution in [3.8, 4) is 0 Å². The monoisotopic (exact) mass is 229 g/mol. The number of hydrogen-bond donors (Lipinski definition) is 3. The van der Waals surface area contributed by atoms with Crippen molar-refractivity contribution in [3.05, 3.63) is 0 Å². The normalized spacial score (nSPS) is 30.9. The van der Waals surface area contributed by atoms with Gasteiger partial charge in [-0.3, -0.25) is 0 Å². The molecule has 2 aliphatic rings. The van der Waals surface area contributed by atoms with E-state index in [0.717, 1.165) is 18.9 Å². The van der Waals surface area contributed by atoms with Crippen LogP contribution in [0.5, 0.6) is 0 Å². The molecule has 0 aromatic heterocycles. The third kappa shape index (κ3) is 2.74. The first kappa shape index (κ1) is 12.3. The average molecular weight is 229 g/mol. The van der Waals surface area contributed by atoms with Crippen molar-refractivity contribution in [3.63, 3.8) is 0 Å². The lowest BCUT2D eigenvalue weighted by Gasteiger charge is -2.28. The molecule has 0 bridgehead atoms. The Balaban J connectivity index is 1.80. The second kappa shape index (κ2) is 5.00. The van der Waals surface area contributed by atoms with E-state index in [1.165, 1.54) is 12.8 Å². The van der Waals surface area contributed by atoms with Crippen LogP contribution in [0.25, 0.3) is 0 Å². The van der Waals surface area contributed by atoms with Crippen LogP contribution < -0.4 is 5.32 Å². The molecule has 2 fully saturated rings. The summed E-state index contributed by atoms with van der Waals surface area (Å²) in [6.45, 7) is 3.41. The summed E-state index contributed by atoms with van der Waals surface area (Å²) in [7, 11) is 0. The Kier molecular flexibility index (Phi) is 3.85. The molecule has 94 valence electrons. The predicted molar refractivity (Wildman–Crippen MR) is 61.2 cm³/mol. The third-order valence-electron chi connectivity index (χ3n) is 3.78. The molecule has 2 unspecified atom stereocenters. The fourth-order valence-corrected chi connectivity index (χ4v) is 2.26. The fourth-order valence-electron chi connectivity index (χ4n) is 2.26. The van der Waals surface area contributed by atoms with E-state index < -0.39 is 5.41 Å². The Hall–Kier alpha value is -0.160. The molecule has 4 nitrogen and oxygen atoms in total. The number of nitrogens with one attached hydrogen (secondary N) is 1. The Morgan fingerprint density at radius 2 is 1.94 bits per heavy atom. The van der Waals surface area contributed by atoms with Gasteiger partial charge in [-0.1, -0.05) is 6.92 Å². The molecule has 0 spiro atoms. The van der Waals surface area contributed by atoms with E-state index in [2.05, 4.69) is 5.32 Å². The number of ether oxygens (including phenoxy) is 1. The zero-order valence-electron chi connectivity index (χ0n) is 9.98. The second-order valence-electron chi connectivity index (χ2n) is 5.58. The summed E-state index contributed by atoms with van der Waals surface area (Å²) in [4.78, 5) is 0. The minimum atomic E-state index is -0.420. The zero-order chi connectivity index (χ0) is 11.6. The average Bonchev–Trinajstić information content (AvgIpc) is 3.05. The minimum absolute atomic E-state index is 0.0121. The van der Waals surface area contributed by atoms with Crippen LogP contribution in [0.15, 0.2) is 0 Å². The molecular weight excluding hydrogens is 206 g/mol. The summed E-state index contributed by atoms with van der Waals surface area (Å²) in [5, 5.41) is 21.9. The summed E-state index contributed by atoms with van der Waals surface area (Å²) in [6.07, 6.45) is 4.00. The zero-order valence-corrected chi connectivity index (χ0v) is 9.98. The van der Waals surface area contributed by atoms with Crippen LogP contribution in [-0.2, 0) is 4.74 Å². The van der Waals surface area contributed by atoms with Crippen molar-refractivity contribution in [1.82, 2.24) is 5.32 Å². The fraction of sp³-hybridized carbons (Fsp3) is 1.00. The molecular formula is C12H23NO3. The number of rotatable bonds is 6. The highest BCUT2D eigenvalue weighted by molar-refractivity contribution is 4.94. The van der Waals surface area contributed by atoms with E-state index in [-0.39, 0.29) is 13.2 Å². The van der Waals surface area contributed by atoms with Crippen molar-refractivity contribution in [2.45, 2.75) is 38.3 Å². The second-order valence-corrected chi connectivity index (χ2v) is 5.58. The highest BCUT2D eigenvalue weighted by Gasteiger charge is 2.40. The summed E-state index contributed by atoms with van der Waals surface area (Å²) >= 11 is 0. The molecule has 1 heterocycles.